The van der Waals surface area contributed by atoms with Crippen molar-refractivity contribution >= 4 is 21.8 Å². The number of fused-ring (bicyclic) bond motifs is 1. The Bertz CT molecular complexity index is 1040. The second-order valence-corrected chi connectivity index (χ2v) is 8.65. The third-order valence-corrected chi connectivity index (χ3v) is 5.72. The average molecular weight is 454 g/mol. The molecule has 0 fully saturated rings. The predicted molar refractivity (Wildman–Crippen MR) is 116 cm³/mol. The monoisotopic (exact) mass is 453 g/mol. The summed E-state index contributed by atoms with van der Waals surface area (Å²) in [5, 5.41) is 7.84. The third kappa shape index (κ3) is 3.81. The molecule has 0 radical (unpaired) electrons. The molecule has 0 saturated carbocycles. The molecule has 29 heavy (non-hydrogen) atoms. The number of carbonyl (C=O) groups excluding carboxylic acids is 1. The van der Waals surface area contributed by atoms with Crippen molar-refractivity contribution in [2.75, 3.05) is 7.11 Å². The molecule has 150 valence electrons. The number of benzene rings is 2. The Morgan fingerprint density at radius 1 is 1.17 bits per heavy atom. The summed E-state index contributed by atoms with van der Waals surface area (Å²) in [6.45, 7) is 4.94. The summed E-state index contributed by atoms with van der Waals surface area (Å²) in [7, 11) is 1.67. The molecule has 4 rings (SSSR count). The molecule has 1 aliphatic heterocycles. The molecule has 2 heterocycles. The van der Waals surface area contributed by atoms with E-state index in [1.807, 2.05) is 53.2 Å². The summed E-state index contributed by atoms with van der Waals surface area (Å²) in [4.78, 5) is 12.7. The number of ether oxygens (including phenoxy) is 1. The molecule has 1 aromatic heterocycles. The molecule has 1 aliphatic rings. The van der Waals surface area contributed by atoms with Crippen molar-refractivity contribution in [3.63, 3.8) is 0 Å². The third-order valence-electron chi connectivity index (χ3n) is 5.20. The van der Waals surface area contributed by atoms with Gasteiger partial charge in [0.05, 0.1) is 19.7 Å². The van der Waals surface area contributed by atoms with Crippen molar-refractivity contribution in [2.45, 2.75) is 32.9 Å². The maximum absolute atomic E-state index is 12.7. The van der Waals surface area contributed by atoms with Gasteiger partial charge in [0.25, 0.3) is 5.91 Å². The van der Waals surface area contributed by atoms with Crippen molar-refractivity contribution in [1.29, 1.82) is 0 Å². The Labute approximate surface area is 179 Å². The molecule has 2 aromatic carbocycles. The van der Waals surface area contributed by atoms with Crippen molar-refractivity contribution in [2.24, 2.45) is 5.92 Å². The Kier molecular flexibility index (Phi) is 5.46. The lowest BCUT2D eigenvalue weighted by molar-refractivity contribution is 0.0954. The summed E-state index contributed by atoms with van der Waals surface area (Å²) >= 11 is 3.48. The van der Waals surface area contributed by atoms with E-state index in [1.165, 1.54) is 0 Å². The highest BCUT2D eigenvalue weighted by molar-refractivity contribution is 9.10. The van der Waals surface area contributed by atoms with E-state index in [-0.39, 0.29) is 11.9 Å². The van der Waals surface area contributed by atoms with Gasteiger partial charge in [0.2, 0.25) is 0 Å². The number of hydrogen-bond acceptors (Lipinski definition) is 3. The minimum atomic E-state index is -0.175. The predicted octanol–water partition coefficient (Wildman–Crippen LogP) is 4.73. The number of amides is 1. The lowest BCUT2D eigenvalue weighted by Gasteiger charge is -2.18. The molecule has 1 unspecified atom stereocenters. The van der Waals surface area contributed by atoms with Gasteiger partial charge in [-0.25, -0.2) is 0 Å². The topological polar surface area (TPSA) is 56.1 Å². The van der Waals surface area contributed by atoms with E-state index in [0.717, 1.165) is 39.0 Å². The number of nitrogens with zero attached hydrogens (tertiary/aromatic N) is 2. The van der Waals surface area contributed by atoms with Crippen LogP contribution in [0.2, 0.25) is 0 Å². The molecule has 3 aromatic rings. The van der Waals surface area contributed by atoms with Crippen LogP contribution in [0.15, 0.2) is 53.0 Å². The van der Waals surface area contributed by atoms with Crippen LogP contribution < -0.4 is 10.1 Å². The minimum absolute atomic E-state index is 0.114. The van der Waals surface area contributed by atoms with Crippen molar-refractivity contribution in [3.05, 3.63) is 81.1 Å². The molecular formula is C23H24BrN3O2. The standard InChI is InChI=1S/C23H24BrN3O2/c1-14(2)12-18-20-21(15-8-10-17(24)11-9-15)25-23(28)22(20)26-27(18)13-16-6-4-5-7-19(16)29-3/h4-11,14,21H,12-13H2,1-3H3,(H,25,28). The summed E-state index contributed by atoms with van der Waals surface area (Å²) in [6.07, 6.45) is 0.847. The normalized spacial score (nSPS) is 15.5. The zero-order valence-electron chi connectivity index (χ0n) is 16.8. The first-order valence-electron chi connectivity index (χ1n) is 9.75. The lowest BCUT2D eigenvalue weighted by Crippen LogP contribution is -2.23. The van der Waals surface area contributed by atoms with E-state index in [0.29, 0.717) is 18.2 Å². The van der Waals surface area contributed by atoms with Crippen LogP contribution in [0.4, 0.5) is 0 Å². The molecule has 0 aliphatic carbocycles. The second kappa shape index (κ2) is 8.03. The van der Waals surface area contributed by atoms with Crippen LogP contribution in [-0.2, 0) is 13.0 Å². The number of hydrogen-bond donors (Lipinski definition) is 1. The summed E-state index contributed by atoms with van der Waals surface area (Å²) in [5.41, 5.74) is 4.74. The van der Waals surface area contributed by atoms with E-state index in [4.69, 9.17) is 9.84 Å². The summed E-state index contributed by atoms with van der Waals surface area (Å²) in [6, 6.07) is 15.9. The number of carbonyl (C=O) groups is 1. The largest absolute Gasteiger partial charge is 0.496 e. The van der Waals surface area contributed by atoms with Crippen molar-refractivity contribution in [3.8, 4) is 5.75 Å². The SMILES string of the molecule is COc1ccccc1Cn1nc2c(c1CC(C)C)C(c1ccc(Br)cc1)NC2=O. The first kappa shape index (κ1) is 19.7. The first-order chi connectivity index (χ1) is 14.0. The summed E-state index contributed by atoms with van der Waals surface area (Å²) < 4.78 is 8.51. The maximum Gasteiger partial charge on any atom is 0.272 e. The van der Waals surface area contributed by atoms with Gasteiger partial charge in [0, 0.05) is 21.3 Å². The van der Waals surface area contributed by atoms with Gasteiger partial charge in [-0.15, -0.1) is 0 Å². The van der Waals surface area contributed by atoms with Gasteiger partial charge in [-0.05, 0) is 36.1 Å². The molecule has 5 nitrogen and oxygen atoms in total. The Morgan fingerprint density at radius 3 is 2.59 bits per heavy atom. The van der Waals surface area contributed by atoms with Crippen LogP contribution in [-0.4, -0.2) is 22.8 Å². The van der Waals surface area contributed by atoms with Gasteiger partial charge in [-0.2, -0.15) is 5.10 Å². The molecule has 6 heteroatoms. The minimum Gasteiger partial charge on any atom is -0.496 e. The Morgan fingerprint density at radius 2 is 1.90 bits per heavy atom. The molecular weight excluding hydrogens is 430 g/mol. The zero-order chi connectivity index (χ0) is 20.5. The highest BCUT2D eigenvalue weighted by Crippen LogP contribution is 2.35. The van der Waals surface area contributed by atoms with Crippen LogP contribution in [0.1, 0.15) is 52.8 Å². The molecule has 1 atom stereocenters. The second-order valence-electron chi connectivity index (χ2n) is 7.73. The fourth-order valence-electron chi connectivity index (χ4n) is 3.89. The zero-order valence-corrected chi connectivity index (χ0v) is 18.4. The van der Waals surface area contributed by atoms with Gasteiger partial charge in [0.15, 0.2) is 5.69 Å². The van der Waals surface area contributed by atoms with Crippen LogP contribution >= 0.6 is 15.9 Å². The van der Waals surface area contributed by atoms with Crippen LogP contribution in [0, 0.1) is 5.92 Å². The first-order valence-corrected chi connectivity index (χ1v) is 10.5. The Balaban J connectivity index is 1.80. The van der Waals surface area contributed by atoms with E-state index in [1.54, 1.807) is 7.11 Å². The number of methoxy groups -OCH3 is 1. The van der Waals surface area contributed by atoms with Gasteiger partial charge in [-0.3, -0.25) is 9.48 Å². The smallest absolute Gasteiger partial charge is 0.272 e. The van der Waals surface area contributed by atoms with Gasteiger partial charge >= 0.3 is 0 Å². The molecule has 1 amide bonds. The lowest BCUT2D eigenvalue weighted by atomic mass is 9.96. The average Bonchev–Trinajstić information content (AvgIpc) is 3.20. The van der Waals surface area contributed by atoms with E-state index in [9.17, 15) is 4.79 Å². The van der Waals surface area contributed by atoms with Crippen molar-refractivity contribution in [1.82, 2.24) is 15.1 Å². The molecule has 0 saturated heterocycles. The summed E-state index contributed by atoms with van der Waals surface area (Å²) in [5.74, 6) is 1.15. The van der Waals surface area contributed by atoms with Crippen LogP contribution in [0.5, 0.6) is 5.75 Å². The number of para-hydroxylation sites is 1. The van der Waals surface area contributed by atoms with E-state index in [2.05, 4.69) is 35.1 Å². The highest BCUT2D eigenvalue weighted by atomic mass is 79.9. The maximum atomic E-state index is 12.7. The fourth-order valence-corrected chi connectivity index (χ4v) is 4.15. The number of aromatic nitrogens is 2. The molecule has 0 bridgehead atoms. The van der Waals surface area contributed by atoms with Crippen LogP contribution in [0.25, 0.3) is 0 Å². The number of nitrogens with one attached hydrogen (secondary N) is 1. The van der Waals surface area contributed by atoms with Crippen LogP contribution in [0.3, 0.4) is 0 Å². The van der Waals surface area contributed by atoms with Gasteiger partial charge < -0.3 is 10.1 Å². The van der Waals surface area contributed by atoms with Crippen molar-refractivity contribution < 1.29 is 9.53 Å². The quantitative estimate of drug-likeness (QED) is 0.586. The van der Waals surface area contributed by atoms with E-state index < -0.39 is 0 Å². The molecule has 0 spiro atoms. The molecule has 1 N–H and O–H groups in total. The van der Waals surface area contributed by atoms with Gasteiger partial charge in [0.1, 0.15) is 5.75 Å². The highest BCUT2D eigenvalue weighted by Gasteiger charge is 2.37. The number of rotatable bonds is 6. The van der Waals surface area contributed by atoms with E-state index >= 15 is 0 Å². The fraction of sp³-hybridized carbons (Fsp3) is 0.304. The van der Waals surface area contributed by atoms with Gasteiger partial charge in [-0.1, -0.05) is 60.1 Å². The Hall–Kier alpha value is -2.60. The number of halogens is 1.